The van der Waals surface area contributed by atoms with Gasteiger partial charge in [-0.05, 0) is 29.3 Å². The average molecular weight is 468 g/mol. The molecule has 2 N–H and O–H groups in total. The van der Waals surface area contributed by atoms with Crippen LogP contribution in [0.3, 0.4) is 0 Å². The van der Waals surface area contributed by atoms with E-state index in [1.54, 1.807) is 24.6 Å². The summed E-state index contributed by atoms with van der Waals surface area (Å²) in [5.74, 6) is 2.12. The van der Waals surface area contributed by atoms with Crippen molar-refractivity contribution < 1.29 is 4.42 Å². The third-order valence-corrected chi connectivity index (χ3v) is 4.29. The van der Waals surface area contributed by atoms with Gasteiger partial charge >= 0.3 is 0 Å². The van der Waals surface area contributed by atoms with Crippen molar-refractivity contribution >= 4 is 41.3 Å². The fourth-order valence-corrected chi connectivity index (χ4v) is 2.87. The summed E-state index contributed by atoms with van der Waals surface area (Å²) in [5, 5.41) is 10.6. The Morgan fingerprint density at radius 3 is 2.60 bits per heavy atom. The first-order chi connectivity index (χ1) is 11.7. The second kappa shape index (κ2) is 9.57. The largest absolute Gasteiger partial charge is 0.439 e. The maximum absolute atomic E-state index is 5.80. The van der Waals surface area contributed by atoms with Gasteiger partial charge in [-0.15, -0.1) is 24.0 Å². The van der Waals surface area contributed by atoms with Crippen LogP contribution in [0, 0.1) is 6.92 Å². The summed E-state index contributed by atoms with van der Waals surface area (Å²) < 4.78 is 5.80. The number of hydrogen-bond acceptors (Lipinski definition) is 4. The molecule has 3 aromatic rings. The number of aliphatic imine (C=N–C) groups is 1. The lowest BCUT2D eigenvalue weighted by Crippen LogP contribution is -2.36. The van der Waals surface area contributed by atoms with Crippen LogP contribution >= 0.6 is 35.3 Å². The minimum absolute atomic E-state index is 0. The highest BCUT2D eigenvalue weighted by Crippen LogP contribution is 2.20. The van der Waals surface area contributed by atoms with Crippen LogP contribution in [-0.4, -0.2) is 18.0 Å². The number of benzene rings is 1. The minimum Gasteiger partial charge on any atom is -0.439 e. The third-order valence-electron chi connectivity index (χ3n) is 3.56. The van der Waals surface area contributed by atoms with Gasteiger partial charge < -0.3 is 15.1 Å². The number of aryl methyl sites for hydroxylation is 1. The number of hydrogen-bond donors (Lipinski definition) is 2. The van der Waals surface area contributed by atoms with Crippen molar-refractivity contribution in [3.05, 3.63) is 64.3 Å². The zero-order valence-corrected chi connectivity index (χ0v) is 17.3. The van der Waals surface area contributed by atoms with E-state index in [0.29, 0.717) is 12.4 Å². The number of nitrogens with one attached hydrogen (secondary N) is 2. The second-order valence-electron chi connectivity index (χ2n) is 5.40. The molecule has 5 nitrogen and oxygen atoms in total. The number of guanidine groups is 1. The van der Waals surface area contributed by atoms with Gasteiger partial charge in [0.1, 0.15) is 0 Å². The zero-order chi connectivity index (χ0) is 16.8. The Kier molecular flexibility index (Phi) is 7.45. The predicted octanol–water partition coefficient (Wildman–Crippen LogP) is 4.19. The number of aromatic nitrogens is 1. The fourth-order valence-electron chi connectivity index (χ4n) is 2.20. The van der Waals surface area contributed by atoms with Gasteiger partial charge in [-0.2, -0.15) is 11.3 Å². The van der Waals surface area contributed by atoms with Crippen molar-refractivity contribution in [2.75, 3.05) is 7.05 Å². The molecule has 0 fully saturated rings. The summed E-state index contributed by atoms with van der Waals surface area (Å²) in [7, 11) is 1.75. The van der Waals surface area contributed by atoms with E-state index in [1.807, 2.05) is 12.1 Å². The molecule has 0 radical (unpaired) electrons. The maximum atomic E-state index is 5.80. The molecular weight excluding hydrogens is 447 g/mol. The highest BCUT2D eigenvalue weighted by Gasteiger charge is 2.07. The summed E-state index contributed by atoms with van der Waals surface area (Å²) in [6, 6.07) is 10.3. The van der Waals surface area contributed by atoms with Gasteiger partial charge in [0, 0.05) is 19.2 Å². The number of thiophene rings is 1. The lowest BCUT2D eigenvalue weighted by atomic mass is 10.1. The van der Waals surface area contributed by atoms with Crippen LogP contribution < -0.4 is 10.6 Å². The molecule has 0 unspecified atom stereocenters. The Hall–Kier alpha value is -1.87. The molecule has 0 aliphatic carbocycles. The van der Waals surface area contributed by atoms with Gasteiger partial charge in [-0.3, -0.25) is 4.99 Å². The molecule has 0 saturated carbocycles. The minimum atomic E-state index is 0. The Bertz CT molecular complexity index is 797. The lowest BCUT2D eigenvalue weighted by molar-refractivity contribution is 0.497. The summed E-state index contributed by atoms with van der Waals surface area (Å²) in [6.45, 7) is 3.28. The fraction of sp³-hybridized carbons (Fsp3) is 0.222. The number of oxazole rings is 1. The van der Waals surface area contributed by atoms with E-state index in [4.69, 9.17) is 4.42 Å². The van der Waals surface area contributed by atoms with E-state index >= 15 is 0 Å². The van der Waals surface area contributed by atoms with Gasteiger partial charge in [-0.25, -0.2) is 4.98 Å². The first-order valence-corrected chi connectivity index (χ1v) is 8.66. The van der Waals surface area contributed by atoms with E-state index in [9.17, 15) is 0 Å². The molecule has 132 valence electrons. The molecule has 7 heteroatoms. The van der Waals surface area contributed by atoms with Crippen LogP contribution in [0.25, 0.3) is 11.3 Å². The van der Waals surface area contributed by atoms with Crippen molar-refractivity contribution in [3.63, 3.8) is 0 Å². The normalized spacial score (nSPS) is 11.0. The molecule has 0 amide bonds. The van der Waals surface area contributed by atoms with E-state index in [0.717, 1.165) is 23.8 Å². The van der Waals surface area contributed by atoms with Crippen LogP contribution in [0.5, 0.6) is 0 Å². The molecule has 0 atom stereocenters. The molecule has 0 saturated heterocycles. The van der Waals surface area contributed by atoms with Crippen molar-refractivity contribution in [1.82, 2.24) is 15.6 Å². The van der Waals surface area contributed by atoms with Crippen LogP contribution in [0.4, 0.5) is 0 Å². The Balaban J connectivity index is 0.00000225. The quantitative estimate of drug-likeness (QED) is 0.335. The SMILES string of the molecule is CN=C(NCc1ccsc1)NCc1ncc(-c2ccc(C)cc2)o1.I. The van der Waals surface area contributed by atoms with Gasteiger partial charge in [-0.1, -0.05) is 29.8 Å². The molecule has 2 heterocycles. The van der Waals surface area contributed by atoms with Gasteiger partial charge in [0.2, 0.25) is 5.89 Å². The van der Waals surface area contributed by atoms with Gasteiger partial charge in [0.25, 0.3) is 0 Å². The van der Waals surface area contributed by atoms with Crippen molar-refractivity contribution in [2.24, 2.45) is 4.99 Å². The van der Waals surface area contributed by atoms with Gasteiger partial charge in [0.05, 0.1) is 12.7 Å². The van der Waals surface area contributed by atoms with Crippen molar-refractivity contribution in [3.8, 4) is 11.3 Å². The van der Waals surface area contributed by atoms with E-state index < -0.39 is 0 Å². The topological polar surface area (TPSA) is 62.5 Å². The third kappa shape index (κ3) is 5.57. The molecular formula is C18H21IN4OS. The molecule has 3 rings (SSSR count). The molecule has 2 aromatic heterocycles. The predicted molar refractivity (Wildman–Crippen MR) is 113 cm³/mol. The standard InChI is InChI=1S/C18H20N4OS.HI/c1-13-3-5-15(6-4-13)16-10-20-17(23-16)11-22-18(19-2)21-9-14-7-8-24-12-14;/h3-8,10,12H,9,11H2,1-2H3,(H2,19,21,22);1H. The molecule has 0 spiro atoms. The Labute approximate surface area is 168 Å². The summed E-state index contributed by atoms with van der Waals surface area (Å²) in [4.78, 5) is 8.53. The highest BCUT2D eigenvalue weighted by molar-refractivity contribution is 14.0. The van der Waals surface area contributed by atoms with Gasteiger partial charge in [0.15, 0.2) is 11.7 Å². The monoisotopic (exact) mass is 468 g/mol. The van der Waals surface area contributed by atoms with E-state index in [2.05, 4.69) is 56.5 Å². The molecule has 25 heavy (non-hydrogen) atoms. The van der Waals surface area contributed by atoms with Crippen molar-refractivity contribution in [2.45, 2.75) is 20.0 Å². The van der Waals surface area contributed by atoms with Crippen LogP contribution in [0.2, 0.25) is 0 Å². The smallest absolute Gasteiger partial charge is 0.214 e. The first kappa shape index (κ1) is 19.5. The van der Waals surface area contributed by atoms with Crippen LogP contribution in [-0.2, 0) is 13.1 Å². The maximum Gasteiger partial charge on any atom is 0.214 e. The number of halogens is 1. The Morgan fingerprint density at radius 2 is 1.92 bits per heavy atom. The summed E-state index contributed by atoms with van der Waals surface area (Å²) in [6.07, 6.45) is 1.75. The summed E-state index contributed by atoms with van der Waals surface area (Å²) >= 11 is 1.69. The second-order valence-corrected chi connectivity index (χ2v) is 6.18. The van der Waals surface area contributed by atoms with Crippen LogP contribution in [0.1, 0.15) is 17.0 Å². The number of rotatable bonds is 5. The Morgan fingerprint density at radius 1 is 1.16 bits per heavy atom. The zero-order valence-electron chi connectivity index (χ0n) is 14.2. The molecule has 0 aliphatic heterocycles. The average Bonchev–Trinajstić information content (AvgIpc) is 3.27. The van der Waals surface area contributed by atoms with Crippen molar-refractivity contribution in [1.29, 1.82) is 0 Å². The van der Waals surface area contributed by atoms with Crippen LogP contribution in [0.15, 0.2) is 56.7 Å². The van der Waals surface area contributed by atoms with E-state index in [1.165, 1.54) is 11.1 Å². The summed E-state index contributed by atoms with van der Waals surface area (Å²) in [5.41, 5.74) is 3.49. The highest BCUT2D eigenvalue weighted by atomic mass is 127. The molecule has 0 bridgehead atoms. The number of nitrogens with zero attached hydrogens (tertiary/aromatic N) is 2. The lowest BCUT2D eigenvalue weighted by Gasteiger charge is -2.09. The molecule has 1 aromatic carbocycles. The van der Waals surface area contributed by atoms with E-state index in [-0.39, 0.29) is 24.0 Å². The first-order valence-electron chi connectivity index (χ1n) is 7.72. The molecule has 0 aliphatic rings.